The Labute approximate surface area is 230 Å². The molecule has 1 aliphatic rings. The van der Waals surface area contributed by atoms with Crippen molar-refractivity contribution in [2.75, 3.05) is 44.0 Å². The summed E-state index contributed by atoms with van der Waals surface area (Å²) in [5.41, 5.74) is 3.88. The van der Waals surface area contributed by atoms with Crippen LogP contribution < -0.4 is 19.7 Å². The van der Waals surface area contributed by atoms with E-state index in [1.54, 1.807) is 21.7 Å². The van der Waals surface area contributed by atoms with Gasteiger partial charge in [-0.15, -0.1) is 0 Å². The second-order valence-corrected chi connectivity index (χ2v) is 9.67. The number of rotatable bonds is 7. The van der Waals surface area contributed by atoms with Crippen molar-refractivity contribution in [3.8, 4) is 17.2 Å². The highest BCUT2D eigenvalue weighted by Gasteiger charge is 2.26. The van der Waals surface area contributed by atoms with Crippen molar-refractivity contribution >= 4 is 39.6 Å². The van der Waals surface area contributed by atoms with Gasteiger partial charge in [-0.2, -0.15) is 5.10 Å². The number of nitrogens with zero attached hydrogens (tertiary/aromatic N) is 7. The summed E-state index contributed by atoms with van der Waals surface area (Å²) in [5.74, 6) is 2.47. The van der Waals surface area contributed by atoms with Gasteiger partial charge in [-0.05, 0) is 63.0 Å². The normalized spacial score (nSPS) is 13.2. The zero-order valence-corrected chi connectivity index (χ0v) is 22.4. The van der Waals surface area contributed by atoms with Crippen molar-refractivity contribution in [3.05, 3.63) is 79.0 Å². The summed E-state index contributed by atoms with van der Waals surface area (Å²) >= 11 is 0. The fraction of sp³-hybridized carbons (Fsp3) is 0.207. The smallest absolute Gasteiger partial charge is 0.250 e. The molecule has 0 fully saturated rings. The molecule has 202 valence electrons. The van der Waals surface area contributed by atoms with E-state index in [-0.39, 0.29) is 5.91 Å². The highest BCUT2D eigenvalue weighted by atomic mass is 16.5. The summed E-state index contributed by atoms with van der Waals surface area (Å²) in [6.07, 6.45) is 8.29. The third-order valence-electron chi connectivity index (χ3n) is 6.50. The largest absolute Gasteiger partial charge is 0.489 e. The average Bonchev–Trinajstić information content (AvgIpc) is 3.42. The molecule has 11 heteroatoms. The lowest BCUT2D eigenvalue weighted by atomic mass is 10.1. The van der Waals surface area contributed by atoms with Crippen LogP contribution in [0.5, 0.6) is 17.2 Å². The topological polar surface area (TPSA) is 110 Å². The molecule has 0 aliphatic carbocycles. The third kappa shape index (κ3) is 5.02. The Hall–Kier alpha value is -5.03. The molecule has 3 aromatic heterocycles. The van der Waals surface area contributed by atoms with E-state index in [1.807, 2.05) is 74.5 Å². The highest BCUT2D eigenvalue weighted by Crippen LogP contribution is 2.41. The first-order valence-corrected chi connectivity index (χ1v) is 12.8. The number of benzene rings is 2. The summed E-state index contributed by atoms with van der Waals surface area (Å²) in [4.78, 5) is 29.9. The number of amides is 1. The fourth-order valence-electron chi connectivity index (χ4n) is 4.57. The van der Waals surface area contributed by atoms with Crippen LogP contribution in [-0.2, 0) is 4.79 Å². The molecule has 40 heavy (non-hydrogen) atoms. The van der Waals surface area contributed by atoms with Crippen molar-refractivity contribution in [1.29, 1.82) is 0 Å². The molecule has 1 aliphatic heterocycles. The number of hydrogen-bond acceptors (Lipinski definition) is 9. The lowest BCUT2D eigenvalue weighted by Gasteiger charge is -2.30. The molecule has 0 atom stereocenters. The second-order valence-electron chi connectivity index (χ2n) is 9.67. The van der Waals surface area contributed by atoms with Crippen LogP contribution in [0, 0.1) is 6.92 Å². The second kappa shape index (κ2) is 10.6. The Balaban J connectivity index is 1.28. The Morgan fingerprint density at radius 2 is 2.02 bits per heavy atom. The summed E-state index contributed by atoms with van der Waals surface area (Å²) in [6, 6.07) is 13.2. The van der Waals surface area contributed by atoms with Crippen LogP contribution in [0.4, 0.5) is 17.2 Å². The molecule has 0 saturated carbocycles. The van der Waals surface area contributed by atoms with Gasteiger partial charge in [-0.25, -0.2) is 19.5 Å². The third-order valence-corrected chi connectivity index (χ3v) is 6.50. The quantitative estimate of drug-likeness (QED) is 0.303. The molecule has 0 radical (unpaired) electrons. The Morgan fingerprint density at radius 3 is 2.88 bits per heavy atom. The van der Waals surface area contributed by atoms with Gasteiger partial charge in [0.2, 0.25) is 0 Å². The molecule has 1 amide bonds. The van der Waals surface area contributed by atoms with Crippen molar-refractivity contribution < 1.29 is 14.3 Å². The zero-order chi connectivity index (χ0) is 27.6. The van der Waals surface area contributed by atoms with E-state index in [1.165, 1.54) is 12.7 Å². The Morgan fingerprint density at radius 1 is 1.12 bits per heavy atom. The summed E-state index contributed by atoms with van der Waals surface area (Å²) < 4.78 is 13.9. The Kier molecular flexibility index (Phi) is 6.71. The maximum Gasteiger partial charge on any atom is 0.250 e. The van der Waals surface area contributed by atoms with Gasteiger partial charge in [0.25, 0.3) is 5.91 Å². The number of aryl methyl sites for hydroxylation is 1. The number of nitrogens with one attached hydrogen (secondary N) is 1. The van der Waals surface area contributed by atoms with Crippen LogP contribution in [0.3, 0.4) is 0 Å². The van der Waals surface area contributed by atoms with Gasteiger partial charge in [-0.1, -0.05) is 6.08 Å². The Bertz CT molecular complexity index is 1750. The minimum Gasteiger partial charge on any atom is -0.489 e. The minimum absolute atomic E-state index is 0.0912. The molecule has 6 rings (SSSR count). The van der Waals surface area contributed by atoms with E-state index in [2.05, 4.69) is 25.4 Å². The summed E-state index contributed by atoms with van der Waals surface area (Å²) in [6.45, 7) is 3.50. The van der Waals surface area contributed by atoms with Crippen LogP contribution >= 0.6 is 0 Å². The molecule has 5 aromatic rings. The molecule has 1 N–H and O–H groups in total. The number of carbonyl (C=O) groups is 1. The molecule has 11 nitrogen and oxygen atoms in total. The lowest BCUT2D eigenvalue weighted by Crippen LogP contribution is -2.37. The number of carbonyl (C=O) groups excluding carboxylic acids is 1. The average molecular weight is 537 g/mol. The van der Waals surface area contributed by atoms with Gasteiger partial charge >= 0.3 is 0 Å². The minimum atomic E-state index is -0.0912. The molecular weight excluding hydrogens is 508 g/mol. The van der Waals surface area contributed by atoms with Gasteiger partial charge in [-0.3, -0.25) is 4.79 Å². The number of anilines is 3. The lowest BCUT2D eigenvalue weighted by molar-refractivity contribution is -0.114. The van der Waals surface area contributed by atoms with Crippen LogP contribution in [0.1, 0.15) is 5.56 Å². The van der Waals surface area contributed by atoms with E-state index in [0.29, 0.717) is 53.9 Å². The molecule has 4 heterocycles. The molecule has 2 aromatic carbocycles. The van der Waals surface area contributed by atoms with E-state index in [4.69, 9.17) is 9.47 Å². The van der Waals surface area contributed by atoms with Crippen molar-refractivity contribution in [3.63, 3.8) is 0 Å². The van der Waals surface area contributed by atoms with Crippen LogP contribution in [0.25, 0.3) is 16.6 Å². The van der Waals surface area contributed by atoms with E-state index >= 15 is 0 Å². The van der Waals surface area contributed by atoms with Crippen LogP contribution in [0.15, 0.2) is 73.5 Å². The van der Waals surface area contributed by atoms with Crippen LogP contribution in [-0.4, -0.2) is 69.2 Å². The van der Waals surface area contributed by atoms with Crippen molar-refractivity contribution in [2.24, 2.45) is 0 Å². The van der Waals surface area contributed by atoms with E-state index < -0.39 is 0 Å². The number of pyridine rings is 1. The maximum atomic E-state index is 13.0. The molecule has 0 unspecified atom stereocenters. The number of ether oxygens (including phenoxy) is 2. The predicted octanol–water partition coefficient (Wildman–Crippen LogP) is 4.36. The summed E-state index contributed by atoms with van der Waals surface area (Å²) in [7, 11) is 3.92. The van der Waals surface area contributed by atoms with Gasteiger partial charge in [0.05, 0.1) is 23.1 Å². The molecule has 0 spiro atoms. The SMILES string of the molecule is Cc1cc(Nc2ncnc3ccc4c(c23)OCCN4C(=O)/C=C/CN(C)C)ccc1Oc1ccn2ncnc2c1. The summed E-state index contributed by atoms with van der Waals surface area (Å²) in [5, 5.41) is 8.24. The number of fused-ring (bicyclic) bond motifs is 4. The van der Waals surface area contributed by atoms with Gasteiger partial charge in [0.15, 0.2) is 11.4 Å². The first-order valence-electron chi connectivity index (χ1n) is 12.8. The standard InChI is InChI=1S/C29H28N8O3/c1-19-15-20(6-9-24(19)40-21-10-12-37-25(16-21)31-18-33-37)34-29-27-22(30-17-32-29)7-8-23-28(27)39-14-13-36(23)26(38)5-4-11-35(2)3/h4-10,12,15-18H,11,13-14H2,1-3H3,(H,30,32,34)/b5-4+. The van der Waals surface area contributed by atoms with E-state index in [9.17, 15) is 4.79 Å². The predicted molar refractivity (Wildman–Crippen MR) is 153 cm³/mol. The number of aromatic nitrogens is 5. The van der Waals surface area contributed by atoms with Gasteiger partial charge in [0.1, 0.15) is 36.6 Å². The zero-order valence-electron chi connectivity index (χ0n) is 22.4. The molecular formula is C29H28N8O3. The number of hydrogen-bond donors (Lipinski definition) is 1. The number of likely N-dealkylation sites (N-methyl/N-ethyl adjacent to an activating group) is 1. The highest BCUT2D eigenvalue weighted by molar-refractivity contribution is 6.07. The monoisotopic (exact) mass is 536 g/mol. The molecule has 0 saturated heterocycles. The first kappa shape index (κ1) is 25.3. The fourth-order valence-corrected chi connectivity index (χ4v) is 4.57. The van der Waals surface area contributed by atoms with Crippen molar-refractivity contribution in [1.82, 2.24) is 29.5 Å². The van der Waals surface area contributed by atoms with Gasteiger partial charge < -0.3 is 24.6 Å². The molecule has 0 bridgehead atoms. The van der Waals surface area contributed by atoms with Gasteiger partial charge in [0, 0.05) is 30.6 Å². The first-order chi connectivity index (χ1) is 19.5. The van der Waals surface area contributed by atoms with Crippen molar-refractivity contribution in [2.45, 2.75) is 6.92 Å². The van der Waals surface area contributed by atoms with Crippen LogP contribution in [0.2, 0.25) is 0 Å². The van der Waals surface area contributed by atoms with E-state index in [0.717, 1.165) is 22.4 Å². The maximum absolute atomic E-state index is 13.0.